The quantitative estimate of drug-likeness (QED) is 0.396. The number of carbonyl (C=O) groups is 1. The van der Waals surface area contributed by atoms with Crippen molar-refractivity contribution in [1.29, 1.82) is 0 Å². The molecule has 9 heteroatoms. The number of anilines is 1. The predicted octanol–water partition coefficient (Wildman–Crippen LogP) is 6.09. The molecule has 1 atom stereocenters. The summed E-state index contributed by atoms with van der Waals surface area (Å²) in [5.41, 5.74) is 2.49. The zero-order valence-corrected chi connectivity index (χ0v) is 20.1. The van der Waals surface area contributed by atoms with Crippen LogP contribution in [0.25, 0.3) is 0 Å². The van der Waals surface area contributed by atoms with Gasteiger partial charge in [-0.15, -0.1) is 10.2 Å². The van der Waals surface area contributed by atoms with E-state index in [1.54, 1.807) is 12.1 Å². The highest BCUT2D eigenvalue weighted by Gasteiger charge is 2.20. The van der Waals surface area contributed by atoms with Crippen LogP contribution in [0.5, 0.6) is 5.75 Å². The lowest BCUT2D eigenvalue weighted by Gasteiger charge is -2.17. The van der Waals surface area contributed by atoms with Crippen molar-refractivity contribution in [2.45, 2.75) is 45.5 Å². The molecule has 1 amide bonds. The third-order valence-corrected chi connectivity index (χ3v) is 6.35. The second kappa shape index (κ2) is 10.4. The van der Waals surface area contributed by atoms with Gasteiger partial charge in [0.15, 0.2) is 17.1 Å². The number of hydrogen-bond acceptors (Lipinski definition) is 5. The molecule has 0 saturated carbocycles. The van der Waals surface area contributed by atoms with E-state index in [1.165, 1.54) is 11.8 Å². The maximum atomic E-state index is 12.4. The van der Waals surface area contributed by atoms with E-state index in [2.05, 4.69) is 15.5 Å². The molecule has 3 rings (SSSR count). The van der Waals surface area contributed by atoms with Crippen molar-refractivity contribution in [2.24, 2.45) is 0 Å². The van der Waals surface area contributed by atoms with Crippen LogP contribution in [-0.2, 0) is 11.3 Å². The van der Waals surface area contributed by atoms with Crippen molar-refractivity contribution in [1.82, 2.24) is 14.8 Å². The third-order valence-electron chi connectivity index (χ3n) is 4.74. The van der Waals surface area contributed by atoms with Crippen LogP contribution in [0.3, 0.4) is 0 Å². The average Bonchev–Trinajstić information content (AvgIpc) is 3.15. The van der Waals surface area contributed by atoms with Gasteiger partial charge in [-0.25, -0.2) is 0 Å². The Balaban J connectivity index is 1.66. The lowest BCUT2D eigenvalue weighted by molar-refractivity contribution is -0.113. The number of carbonyl (C=O) groups excluding carboxylic acids is 1. The van der Waals surface area contributed by atoms with E-state index in [4.69, 9.17) is 27.9 Å². The lowest BCUT2D eigenvalue weighted by Crippen LogP contribution is -2.16. The fourth-order valence-electron chi connectivity index (χ4n) is 3.05. The number of thioether (sulfide) groups is 1. The van der Waals surface area contributed by atoms with E-state index in [9.17, 15) is 4.79 Å². The minimum Gasteiger partial charge on any atom is -0.482 e. The molecule has 31 heavy (non-hydrogen) atoms. The van der Waals surface area contributed by atoms with Gasteiger partial charge in [0.25, 0.3) is 0 Å². The van der Waals surface area contributed by atoms with Gasteiger partial charge in [-0.05, 0) is 69.2 Å². The topological polar surface area (TPSA) is 69.0 Å². The summed E-state index contributed by atoms with van der Waals surface area (Å²) in [5.74, 6) is 1.51. The lowest BCUT2D eigenvalue weighted by atomic mass is 10.2. The van der Waals surface area contributed by atoms with Gasteiger partial charge in [-0.1, -0.05) is 41.0 Å². The highest BCUT2D eigenvalue weighted by Crippen LogP contribution is 2.28. The highest BCUT2D eigenvalue weighted by molar-refractivity contribution is 7.99. The zero-order valence-electron chi connectivity index (χ0n) is 17.8. The number of halogens is 2. The van der Waals surface area contributed by atoms with E-state index in [0.29, 0.717) is 33.3 Å². The number of hydrogen-bond donors (Lipinski definition) is 1. The van der Waals surface area contributed by atoms with E-state index in [1.807, 2.05) is 56.5 Å². The Morgan fingerprint density at radius 2 is 2.00 bits per heavy atom. The number of amides is 1. The van der Waals surface area contributed by atoms with Gasteiger partial charge in [-0.3, -0.25) is 4.79 Å². The molecule has 1 unspecified atom stereocenters. The maximum Gasteiger partial charge on any atom is 0.234 e. The van der Waals surface area contributed by atoms with Crippen molar-refractivity contribution in [3.05, 3.63) is 63.4 Å². The van der Waals surface area contributed by atoms with Gasteiger partial charge in [0, 0.05) is 22.3 Å². The van der Waals surface area contributed by atoms with Gasteiger partial charge in [-0.2, -0.15) is 0 Å². The van der Waals surface area contributed by atoms with Crippen molar-refractivity contribution in [2.75, 3.05) is 11.1 Å². The zero-order chi connectivity index (χ0) is 22.5. The summed E-state index contributed by atoms with van der Waals surface area (Å²) in [4.78, 5) is 12.4. The highest BCUT2D eigenvalue weighted by atomic mass is 35.5. The average molecular weight is 479 g/mol. The first-order chi connectivity index (χ1) is 14.8. The Morgan fingerprint density at radius 3 is 2.71 bits per heavy atom. The molecule has 0 aliphatic rings. The summed E-state index contributed by atoms with van der Waals surface area (Å²) in [6.07, 6.45) is -0.315. The molecule has 0 bridgehead atoms. The predicted molar refractivity (Wildman–Crippen MR) is 126 cm³/mol. The van der Waals surface area contributed by atoms with Crippen LogP contribution >= 0.6 is 35.0 Å². The molecule has 0 fully saturated rings. The third kappa shape index (κ3) is 5.73. The summed E-state index contributed by atoms with van der Waals surface area (Å²) in [5, 5.41) is 13.4. The van der Waals surface area contributed by atoms with E-state index in [0.717, 1.165) is 16.9 Å². The van der Waals surface area contributed by atoms with Crippen LogP contribution in [-0.4, -0.2) is 26.4 Å². The minimum atomic E-state index is -0.315. The second-order valence-corrected chi connectivity index (χ2v) is 8.79. The second-order valence-electron chi connectivity index (χ2n) is 7.00. The summed E-state index contributed by atoms with van der Waals surface area (Å²) in [6.45, 7) is 8.40. The molecule has 2 aromatic carbocycles. The van der Waals surface area contributed by atoms with Gasteiger partial charge in [0.2, 0.25) is 5.91 Å². The van der Waals surface area contributed by atoms with Gasteiger partial charge in [0.1, 0.15) is 5.75 Å². The van der Waals surface area contributed by atoms with Gasteiger partial charge in [0.05, 0.1) is 5.75 Å². The number of benzene rings is 2. The molecule has 1 N–H and O–H groups in total. The van der Waals surface area contributed by atoms with Crippen molar-refractivity contribution < 1.29 is 9.53 Å². The van der Waals surface area contributed by atoms with Gasteiger partial charge >= 0.3 is 0 Å². The summed E-state index contributed by atoms with van der Waals surface area (Å²) in [6, 6.07) is 10.9. The first-order valence-electron chi connectivity index (χ1n) is 9.83. The monoisotopic (exact) mass is 478 g/mol. The number of aryl methyl sites for hydroxylation is 1. The van der Waals surface area contributed by atoms with Crippen LogP contribution in [0.15, 0.2) is 41.6 Å². The van der Waals surface area contributed by atoms with Gasteiger partial charge < -0.3 is 14.6 Å². The van der Waals surface area contributed by atoms with Crippen molar-refractivity contribution in [3.63, 3.8) is 0 Å². The van der Waals surface area contributed by atoms with E-state index >= 15 is 0 Å². The Hall–Kier alpha value is -2.22. The maximum absolute atomic E-state index is 12.4. The van der Waals surface area contributed by atoms with Crippen LogP contribution in [0.2, 0.25) is 10.0 Å². The SMILES string of the molecule is CCn1c(SCC(=O)Nc2cccc(Cl)c2C)nnc1C(C)Oc1ccc(Cl)cc1C. The largest absolute Gasteiger partial charge is 0.482 e. The first-order valence-corrected chi connectivity index (χ1v) is 11.6. The molecular weight excluding hydrogens is 455 g/mol. The molecule has 0 spiro atoms. The molecule has 0 aliphatic carbocycles. The fourth-order valence-corrected chi connectivity index (χ4v) is 4.26. The number of ether oxygens (including phenoxy) is 1. The standard InChI is InChI=1S/C22H24Cl2N4O2S/c1-5-28-21(15(4)30-19-10-9-16(23)11-13(19)2)26-27-22(28)31-12-20(29)25-18-8-6-7-17(24)14(18)3/h6-11,15H,5,12H2,1-4H3,(H,25,29). The molecule has 0 radical (unpaired) electrons. The summed E-state index contributed by atoms with van der Waals surface area (Å²) in [7, 11) is 0. The summed E-state index contributed by atoms with van der Waals surface area (Å²) < 4.78 is 8.04. The number of rotatable bonds is 8. The molecule has 6 nitrogen and oxygen atoms in total. The van der Waals surface area contributed by atoms with Crippen molar-refractivity contribution >= 4 is 46.6 Å². The Kier molecular flexibility index (Phi) is 7.86. The molecule has 0 aliphatic heterocycles. The molecule has 0 saturated heterocycles. The molecule has 3 aromatic rings. The Morgan fingerprint density at radius 1 is 1.23 bits per heavy atom. The number of nitrogens with one attached hydrogen (secondary N) is 1. The Labute approximate surface area is 196 Å². The number of aromatic nitrogens is 3. The normalized spacial score (nSPS) is 11.9. The molecule has 164 valence electrons. The molecule has 1 aromatic heterocycles. The smallest absolute Gasteiger partial charge is 0.234 e. The van der Waals surface area contributed by atoms with Crippen LogP contribution in [0, 0.1) is 13.8 Å². The van der Waals surface area contributed by atoms with Crippen LogP contribution < -0.4 is 10.1 Å². The fraction of sp³-hybridized carbons (Fsp3) is 0.318. The Bertz CT molecular complexity index is 1090. The summed E-state index contributed by atoms with van der Waals surface area (Å²) >= 11 is 13.5. The van der Waals surface area contributed by atoms with E-state index < -0.39 is 0 Å². The number of nitrogens with zero attached hydrogens (tertiary/aromatic N) is 3. The van der Waals surface area contributed by atoms with E-state index in [-0.39, 0.29) is 17.8 Å². The van der Waals surface area contributed by atoms with Crippen LogP contribution in [0.4, 0.5) is 5.69 Å². The van der Waals surface area contributed by atoms with Crippen LogP contribution in [0.1, 0.15) is 36.9 Å². The molecule has 1 heterocycles. The first kappa shape index (κ1) is 23.4. The minimum absolute atomic E-state index is 0.136. The van der Waals surface area contributed by atoms with Crippen molar-refractivity contribution in [3.8, 4) is 5.75 Å². The molecular formula is C22H24Cl2N4O2S.